The summed E-state index contributed by atoms with van der Waals surface area (Å²) in [6.45, 7) is 10.0. The van der Waals surface area contributed by atoms with E-state index >= 15 is 0 Å². The molecular formula is C50H71N7O14. The molecule has 4 rings (SSSR count). The second-order valence-corrected chi connectivity index (χ2v) is 19.1. The number of cyclic esters (lactones) is 1. The first kappa shape index (κ1) is 56.8. The number of ether oxygens (including phenoxy) is 1. The fraction of sp³-hybridized carbons (Fsp3) is 0.580. The average Bonchev–Trinajstić information content (AvgIpc) is 3.30. The van der Waals surface area contributed by atoms with E-state index in [-0.39, 0.29) is 55.9 Å². The van der Waals surface area contributed by atoms with Gasteiger partial charge in [0.2, 0.25) is 41.4 Å². The molecule has 0 spiro atoms. The number of nitrogens with one attached hydrogen (secondary N) is 5. The minimum Gasteiger partial charge on any atom is -0.508 e. The maximum atomic E-state index is 14.8. The van der Waals surface area contributed by atoms with Crippen LogP contribution in [0.4, 0.5) is 0 Å². The zero-order valence-corrected chi connectivity index (χ0v) is 41.5. The third kappa shape index (κ3) is 16.4. The second kappa shape index (κ2) is 26.4. The number of phenols is 2. The predicted octanol–water partition coefficient (Wildman–Crippen LogP) is 1.54. The van der Waals surface area contributed by atoms with E-state index in [1.807, 2.05) is 6.92 Å². The van der Waals surface area contributed by atoms with Crippen molar-refractivity contribution in [1.29, 1.82) is 0 Å². The summed E-state index contributed by atoms with van der Waals surface area (Å²) in [7, 11) is 1.35. The van der Waals surface area contributed by atoms with E-state index in [0.717, 1.165) is 16.2 Å². The van der Waals surface area contributed by atoms with E-state index in [1.165, 1.54) is 50.4 Å². The Morgan fingerprint density at radius 2 is 1.38 bits per heavy atom. The first-order valence-corrected chi connectivity index (χ1v) is 24.3. The normalized spacial score (nSPS) is 24.4. The van der Waals surface area contributed by atoms with Crippen molar-refractivity contribution in [1.82, 2.24) is 36.4 Å². The van der Waals surface area contributed by atoms with Crippen molar-refractivity contribution in [3.8, 4) is 11.5 Å². The Morgan fingerprint density at radius 3 is 1.94 bits per heavy atom. The number of hydrogen-bond donors (Lipinski definition) is 9. The number of aromatic hydroxyl groups is 2. The van der Waals surface area contributed by atoms with Crippen molar-refractivity contribution in [2.45, 2.75) is 167 Å². The third-order valence-electron chi connectivity index (χ3n) is 12.6. The van der Waals surface area contributed by atoms with Gasteiger partial charge in [0, 0.05) is 32.7 Å². The molecule has 1 unspecified atom stereocenters. The molecule has 2 heterocycles. The molecule has 2 aromatic carbocycles. The Labute approximate surface area is 413 Å². The molecule has 21 nitrogen and oxygen atoms in total. The molecule has 0 aromatic heterocycles. The lowest BCUT2D eigenvalue weighted by atomic mass is 9.94. The monoisotopic (exact) mass is 994 g/mol. The maximum Gasteiger partial charge on any atom is 0.329 e. The number of fused-ring (bicyclic) bond motifs is 2. The number of aliphatic hydroxyl groups excluding tert-OH is 1. The van der Waals surface area contributed by atoms with Crippen LogP contribution in [0.2, 0.25) is 0 Å². The molecule has 9 atom stereocenters. The summed E-state index contributed by atoms with van der Waals surface area (Å²) in [6.07, 6.45) is -2.57. The van der Waals surface area contributed by atoms with Crippen LogP contribution in [0, 0.1) is 11.8 Å². The molecule has 71 heavy (non-hydrogen) atoms. The van der Waals surface area contributed by atoms with Gasteiger partial charge in [0.05, 0.1) is 0 Å². The van der Waals surface area contributed by atoms with E-state index in [4.69, 9.17) is 4.74 Å². The highest BCUT2D eigenvalue weighted by Crippen LogP contribution is 2.27. The van der Waals surface area contributed by atoms with Crippen LogP contribution in [0.1, 0.15) is 110 Å². The van der Waals surface area contributed by atoms with Gasteiger partial charge in [-0.2, -0.15) is 0 Å². The fourth-order valence-electron chi connectivity index (χ4n) is 8.50. The van der Waals surface area contributed by atoms with Crippen LogP contribution in [0.15, 0.2) is 48.5 Å². The number of carbonyl (C=O) groups is 9. The Hall–Kier alpha value is -6.77. The van der Waals surface area contributed by atoms with Crippen molar-refractivity contribution in [3.05, 3.63) is 59.7 Å². The molecule has 2 saturated heterocycles. The number of rotatable bonds is 17. The van der Waals surface area contributed by atoms with Gasteiger partial charge in [-0.15, -0.1) is 0 Å². The van der Waals surface area contributed by atoms with Crippen LogP contribution < -0.4 is 26.6 Å². The quantitative estimate of drug-likeness (QED) is 0.0803. The van der Waals surface area contributed by atoms with Gasteiger partial charge in [0.15, 0.2) is 0 Å². The molecule has 2 bridgehead atoms. The number of likely N-dealkylation sites (N-methyl/N-ethyl adjacent to an activating group) is 1. The average molecular weight is 994 g/mol. The number of unbranched alkanes of at least 4 members (excludes halogenated alkanes) is 2. The summed E-state index contributed by atoms with van der Waals surface area (Å²) >= 11 is 0. The molecular weight excluding hydrogens is 923 g/mol. The number of hydrogen-bond acceptors (Lipinski definition) is 13. The van der Waals surface area contributed by atoms with Gasteiger partial charge in [-0.1, -0.05) is 71.7 Å². The van der Waals surface area contributed by atoms with Crippen molar-refractivity contribution >= 4 is 53.3 Å². The highest BCUT2D eigenvalue weighted by atomic mass is 16.5. The van der Waals surface area contributed by atoms with Gasteiger partial charge in [-0.3, -0.25) is 38.4 Å². The number of benzene rings is 2. The molecule has 9 N–H and O–H groups in total. The first-order valence-electron chi connectivity index (χ1n) is 24.3. The molecule has 2 fully saturated rings. The second-order valence-electron chi connectivity index (χ2n) is 19.1. The number of aliphatic hydroxyl groups is 1. The lowest BCUT2D eigenvalue weighted by Gasteiger charge is -2.43. The zero-order valence-electron chi connectivity index (χ0n) is 41.5. The number of amides is 7. The van der Waals surface area contributed by atoms with Crippen LogP contribution in [0.5, 0.6) is 11.5 Å². The standard InChI is InChI=1S/C50H71N7O14/c1-8-9-10-11-39(60)51-34(21-23-41(62)63)44(64)55-43-29(6)71-50(70)42(28(4)5)54-46(66)37(26-31-14-18-33(59)19-15-31)56(7)49(69)38(24-27(2)3)57-40(61)22-20-35(48(57)68)52-45(65)36(53-47(43)67)25-30-12-16-32(58)17-13-30/h12-19,27-29,34-38,40,42-43,58-59,61H,8-11,20-26H2,1-7H3,(H,51,60)(H,52,65)(H,53,67)(H,54,66)(H,55,64)(H,62,63)/t29-,34+,35+,36+,37+,38+,40-,42?,43+/m1/s1. The smallest absolute Gasteiger partial charge is 0.329 e. The predicted molar refractivity (Wildman–Crippen MR) is 257 cm³/mol. The first-order chi connectivity index (χ1) is 33.5. The van der Waals surface area contributed by atoms with Crippen molar-refractivity contribution in [2.75, 3.05) is 7.05 Å². The van der Waals surface area contributed by atoms with Gasteiger partial charge in [0.1, 0.15) is 66.1 Å². The summed E-state index contributed by atoms with van der Waals surface area (Å²) < 4.78 is 5.87. The zero-order chi connectivity index (χ0) is 52.7. The Bertz CT molecular complexity index is 2200. The number of carboxylic acids is 1. The molecule has 0 saturated carbocycles. The van der Waals surface area contributed by atoms with Gasteiger partial charge in [-0.05, 0) is 86.3 Å². The minimum atomic E-state index is -1.85. The number of aliphatic carboxylic acids is 1. The lowest BCUT2D eigenvalue weighted by molar-refractivity contribution is -0.166. The minimum absolute atomic E-state index is 0.0192. The highest BCUT2D eigenvalue weighted by molar-refractivity contribution is 5.98. The molecule has 390 valence electrons. The summed E-state index contributed by atoms with van der Waals surface area (Å²) in [5.41, 5.74) is 0.928. The summed E-state index contributed by atoms with van der Waals surface area (Å²) in [6, 6.07) is 1.16. The van der Waals surface area contributed by atoms with E-state index in [1.54, 1.807) is 39.8 Å². The highest BCUT2D eigenvalue weighted by Gasteiger charge is 2.46. The molecule has 7 amide bonds. The molecule has 21 heteroatoms. The van der Waals surface area contributed by atoms with E-state index in [0.29, 0.717) is 24.0 Å². The number of esters is 1. The SMILES string of the molecule is CCCCCC(=O)N[C@@H](CCC(=O)O)C(=O)N[C@@H]1C(=O)N[C@@H](Cc2ccc(O)cc2)C(=O)N[C@H]2CC[C@@H](O)N(C2=O)[C@@H](CC(C)C)C(=O)N(C)[C@@H](Cc2ccc(O)cc2)C(=O)NC(C(C)C)C(=O)O[C@@H]1C. The number of nitrogens with zero attached hydrogens (tertiary/aromatic N) is 2. The summed E-state index contributed by atoms with van der Waals surface area (Å²) in [4.78, 5) is 128. The molecule has 0 radical (unpaired) electrons. The van der Waals surface area contributed by atoms with E-state index < -0.39 is 127 Å². The van der Waals surface area contributed by atoms with Crippen molar-refractivity contribution in [3.63, 3.8) is 0 Å². The molecule has 2 aliphatic heterocycles. The topological polar surface area (TPSA) is 310 Å². The van der Waals surface area contributed by atoms with E-state index in [9.17, 15) is 63.6 Å². The van der Waals surface area contributed by atoms with Gasteiger partial charge in [-0.25, -0.2) is 4.79 Å². The third-order valence-corrected chi connectivity index (χ3v) is 12.6. The molecule has 0 aliphatic carbocycles. The number of phenolic OH excluding ortho intramolecular Hbond substituents is 2. The Kier molecular flexibility index (Phi) is 21.2. The van der Waals surface area contributed by atoms with Crippen LogP contribution >= 0.6 is 0 Å². The van der Waals surface area contributed by atoms with Gasteiger partial charge in [0.25, 0.3) is 0 Å². The van der Waals surface area contributed by atoms with Crippen LogP contribution in [0.25, 0.3) is 0 Å². The summed E-state index contributed by atoms with van der Waals surface area (Å²) in [5, 5.41) is 54.0. The molecule has 2 aliphatic rings. The largest absolute Gasteiger partial charge is 0.508 e. The Balaban J connectivity index is 1.88. The van der Waals surface area contributed by atoms with Gasteiger partial charge >= 0.3 is 11.9 Å². The number of carbonyl (C=O) groups excluding carboxylic acids is 8. The van der Waals surface area contributed by atoms with Crippen molar-refractivity contribution < 1.29 is 68.3 Å². The lowest BCUT2D eigenvalue weighted by Crippen LogP contribution is -2.65. The summed E-state index contributed by atoms with van der Waals surface area (Å²) in [5.74, 6) is -9.38. The fourth-order valence-corrected chi connectivity index (χ4v) is 8.50. The number of carboxylic acid groups (broad SMARTS) is 1. The van der Waals surface area contributed by atoms with Crippen LogP contribution in [-0.2, 0) is 60.7 Å². The maximum absolute atomic E-state index is 14.8. The number of piperidine rings is 1. The van der Waals surface area contributed by atoms with Crippen molar-refractivity contribution in [2.24, 2.45) is 11.8 Å². The van der Waals surface area contributed by atoms with Crippen LogP contribution in [0.3, 0.4) is 0 Å². The van der Waals surface area contributed by atoms with Crippen LogP contribution in [-0.4, -0.2) is 145 Å². The van der Waals surface area contributed by atoms with Gasteiger partial charge < -0.3 is 61.5 Å². The Morgan fingerprint density at radius 1 is 0.775 bits per heavy atom. The molecule has 2 aromatic rings. The van der Waals surface area contributed by atoms with E-state index in [2.05, 4.69) is 26.6 Å².